The molecule has 1 heterocycles. The van der Waals surface area contributed by atoms with Gasteiger partial charge in [-0.3, -0.25) is 4.90 Å². The number of rotatable bonds is 2. The molecule has 0 saturated carbocycles. The molecule has 1 aliphatic heterocycles. The Morgan fingerprint density at radius 3 is 2.36 bits per heavy atom. The third-order valence-electron chi connectivity index (χ3n) is 3.15. The van der Waals surface area contributed by atoms with Crippen LogP contribution in [0, 0.1) is 5.92 Å². The van der Waals surface area contributed by atoms with Crippen molar-refractivity contribution in [2.75, 3.05) is 6.54 Å². The fourth-order valence-electron chi connectivity index (χ4n) is 2.30. The topological polar surface area (TPSA) is 3.24 Å². The van der Waals surface area contributed by atoms with Crippen LogP contribution in [0.25, 0.3) is 0 Å². The van der Waals surface area contributed by atoms with E-state index in [-0.39, 0.29) is 0 Å². The van der Waals surface area contributed by atoms with Crippen LogP contribution in [0.4, 0.5) is 0 Å². The molecular formula is C10H21N. The molecular weight excluding hydrogens is 134 g/mol. The summed E-state index contributed by atoms with van der Waals surface area (Å²) in [7, 11) is 0. The summed E-state index contributed by atoms with van der Waals surface area (Å²) in [6.45, 7) is 10.6. The standard InChI is InChI=1S/C10H21N/c1-5-10-6-7-11(8(2)3)9(10)4/h8-10H,5-7H2,1-4H3/t9-,10-/m0/s1. The predicted molar refractivity (Wildman–Crippen MR) is 49.7 cm³/mol. The SMILES string of the molecule is CC[C@H]1CCN(C(C)C)[C@H]1C. The van der Waals surface area contributed by atoms with E-state index in [9.17, 15) is 0 Å². The Morgan fingerprint density at radius 2 is 2.09 bits per heavy atom. The molecule has 0 aromatic carbocycles. The van der Waals surface area contributed by atoms with Crippen molar-refractivity contribution in [2.24, 2.45) is 5.92 Å². The second-order valence-electron chi connectivity index (χ2n) is 4.03. The van der Waals surface area contributed by atoms with Crippen LogP contribution in [0.3, 0.4) is 0 Å². The summed E-state index contributed by atoms with van der Waals surface area (Å²) in [6.07, 6.45) is 2.76. The van der Waals surface area contributed by atoms with Crippen LogP contribution in [0.2, 0.25) is 0 Å². The molecule has 2 atom stereocenters. The highest BCUT2D eigenvalue weighted by Gasteiger charge is 2.30. The maximum Gasteiger partial charge on any atom is 0.00982 e. The van der Waals surface area contributed by atoms with Gasteiger partial charge in [0.25, 0.3) is 0 Å². The first-order valence-corrected chi connectivity index (χ1v) is 4.92. The first-order chi connectivity index (χ1) is 5.16. The van der Waals surface area contributed by atoms with Crippen molar-refractivity contribution in [1.29, 1.82) is 0 Å². The van der Waals surface area contributed by atoms with Gasteiger partial charge >= 0.3 is 0 Å². The van der Waals surface area contributed by atoms with E-state index in [2.05, 4.69) is 32.6 Å². The van der Waals surface area contributed by atoms with Gasteiger partial charge in [0.15, 0.2) is 0 Å². The zero-order chi connectivity index (χ0) is 8.43. The number of hydrogen-bond acceptors (Lipinski definition) is 1. The van der Waals surface area contributed by atoms with Crippen molar-refractivity contribution in [3.8, 4) is 0 Å². The minimum Gasteiger partial charge on any atom is -0.298 e. The van der Waals surface area contributed by atoms with Crippen LogP contribution in [0.5, 0.6) is 0 Å². The molecule has 0 aliphatic carbocycles. The highest BCUT2D eigenvalue weighted by molar-refractivity contribution is 4.84. The van der Waals surface area contributed by atoms with Gasteiger partial charge in [0.2, 0.25) is 0 Å². The van der Waals surface area contributed by atoms with E-state index in [1.807, 2.05) is 0 Å². The molecule has 11 heavy (non-hydrogen) atoms. The number of nitrogens with zero attached hydrogens (tertiary/aromatic N) is 1. The lowest BCUT2D eigenvalue weighted by Crippen LogP contribution is -2.35. The molecule has 0 N–H and O–H groups in total. The van der Waals surface area contributed by atoms with Gasteiger partial charge in [-0.1, -0.05) is 13.3 Å². The van der Waals surface area contributed by atoms with Crippen LogP contribution >= 0.6 is 0 Å². The summed E-state index contributed by atoms with van der Waals surface area (Å²) in [5, 5.41) is 0. The summed E-state index contributed by atoms with van der Waals surface area (Å²) in [5.74, 6) is 0.956. The fourth-order valence-corrected chi connectivity index (χ4v) is 2.30. The summed E-state index contributed by atoms with van der Waals surface area (Å²) in [6, 6.07) is 1.56. The molecule has 0 amide bonds. The third kappa shape index (κ3) is 1.76. The molecule has 1 aliphatic rings. The second-order valence-corrected chi connectivity index (χ2v) is 4.03. The van der Waals surface area contributed by atoms with Crippen LogP contribution in [0.1, 0.15) is 40.5 Å². The zero-order valence-corrected chi connectivity index (χ0v) is 8.30. The first kappa shape index (κ1) is 9.05. The Balaban J connectivity index is 2.48. The largest absolute Gasteiger partial charge is 0.298 e. The number of likely N-dealkylation sites (tertiary alicyclic amines) is 1. The summed E-state index contributed by atoms with van der Waals surface area (Å²) in [4.78, 5) is 2.62. The summed E-state index contributed by atoms with van der Waals surface area (Å²) in [5.41, 5.74) is 0. The molecule has 66 valence electrons. The Bertz CT molecular complexity index is 120. The molecule has 0 aromatic rings. The van der Waals surface area contributed by atoms with Gasteiger partial charge < -0.3 is 0 Å². The first-order valence-electron chi connectivity index (χ1n) is 4.92. The lowest BCUT2D eigenvalue weighted by molar-refractivity contribution is 0.194. The smallest absolute Gasteiger partial charge is 0.00982 e. The fraction of sp³-hybridized carbons (Fsp3) is 1.00. The average Bonchev–Trinajstić information content (AvgIpc) is 2.30. The molecule has 1 nitrogen and oxygen atoms in total. The van der Waals surface area contributed by atoms with Crippen LogP contribution in [-0.2, 0) is 0 Å². The van der Waals surface area contributed by atoms with Gasteiger partial charge in [-0.05, 0) is 39.7 Å². The van der Waals surface area contributed by atoms with Crippen LogP contribution in [-0.4, -0.2) is 23.5 Å². The summed E-state index contributed by atoms with van der Waals surface area (Å²) >= 11 is 0. The predicted octanol–water partition coefficient (Wildman–Crippen LogP) is 2.52. The van der Waals surface area contributed by atoms with Gasteiger partial charge in [0, 0.05) is 12.1 Å². The van der Waals surface area contributed by atoms with E-state index in [0.29, 0.717) is 0 Å². The molecule has 1 fully saturated rings. The summed E-state index contributed by atoms with van der Waals surface area (Å²) < 4.78 is 0. The van der Waals surface area contributed by atoms with Crippen LogP contribution in [0.15, 0.2) is 0 Å². The van der Waals surface area contributed by atoms with Gasteiger partial charge in [-0.2, -0.15) is 0 Å². The van der Waals surface area contributed by atoms with Crippen molar-refractivity contribution in [1.82, 2.24) is 4.90 Å². The molecule has 0 radical (unpaired) electrons. The highest BCUT2D eigenvalue weighted by atomic mass is 15.2. The van der Waals surface area contributed by atoms with Crippen molar-refractivity contribution >= 4 is 0 Å². The number of hydrogen-bond donors (Lipinski definition) is 0. The molecule has 0 spiro atoms. The Labute approximate surface area is 70.8 Å². The monoisotopic (exact) mass is 155 g/mol. The lowest BCUT2D eigenvalue weighted by atomic mass is 9.99. The quantitative estimate of drug-likeness (QED) is 0.592. The van der Waals surface area contributed by atoms with E-state index in [1.54, 1.807) is 0 Å². The Hall–Kier alpha value is -0.0400. The van der Waals surface area contributed by atoms with E-state index < -0.39 is 0 Å². The van der Waals surface area contributed by atoms with E-state index in [0.717, 1.165) is 18.0 Å². The maximum absolute atomic E-state index is 2.62. The van der Waals surface area contributed by atoms with Crippen LogP contribution < -0.4 is 0 Å². The molecule has 1 saturated heterocycles. The van der Waals surface area contributed by atoms with Gasteiger partial charge in [-0.25, -0.2) is 0 Å². The van der Waals surface area contributed by atoms with E-state index in [4.69, 9.17) is 0 Å². The van der Waals surface area contributed by atoms with Crippen molar-refractivity contribution < 1.29 is 0 Å². The maximum atomic E-state index is 2.62. The van der Waals surface area contributed by atoms with E-state index >= 15 is 0 Å². The minimum atomic E-state index is 0.738. The van der Waals surface area contributed by atoms with Gasteiger partial charge in [-0.15, -0.1) is 0 Å². The second kappa shape index (κ2) is 3.57. The highest BCUT2D eigenvalue weighted by Crippen LogP contribution is 2.27. The van der Waals surface area contributed by atoms with Crippen molar-refractivity contribution in [3.63, 3.8) is 0 Å². The third-order valence-corrected chi connectivity index (χ3v) is 3.15. The molecule has 0 bridgehead atoms. The Kier molecular flexibility index (Phi) is 2.94. The molecule has 0 aromatic heterocycles. The lowest BCUT2D eigenvalue weighted by Gasteiger charge is -2.27. The zero-order valence-electron chi connectivity index (χ0n) is 8.30. The molecule has 0 unspecified atom stereocenters. The average molecular weight is 155 g/mol. The van der Waals surface area contributed by atoms with Gasteiger partial charge in [0.1, 0.15) is 0 Å². The minimum absolute atomic E-state index is 0.738. The van der Waals surface area contributed by atoms with Crippen molar-refractivity contribution in [3.05, 3.63) is 0 Å². The Morgan fingerprint density at radius 1 is 1.45 bits per heavy atom. The molecule has 1 rings (SSSR count). The van der Waals surface area contributed by atoms with Crippen molar-refractivity contribution in [2.45, 2.75) is 52.6 Å². The molecule has 1 heteroatoms. The normalized spacial score (nSPS) is 33.5. The van der Waals surface area contributed by atoms with E-state index in [1.165, 1.54) is 19.4 Å². The van der Waals surface area contributed by atoms with Gasteiger partial charge in [0.05, 0.1) is 0 Å².